The Balaban J connectivity index is 2.63. The molecule has 1 aromatic heterocycles. The lowest BCUT2D eigenvalue weighted by Gasteiger charge is -2.19. The fourth-order valence-corrected chi connectivity index (χ4v) is 3.09. The minimum Gasteiger partial charge on any atom is -0.481 e. The topological polar surface area (TPSA) is 155 Å². The van der Waals surface area contributed by atoms with Gasteiger partial charge in [-0.15, -0.1) is 0 Å². The van der Waals surface area contributed by atoms with Gasteiger partial charge in [-0.25, -0.2) is 18.4 Å². The average molecular weight is 429 g/mol. The summed E-state index contributed by atoms with van der Waals surface area (Å²) < 4.78 is 22.9. The Labute approximate surface area is 170 Å². The maximum absolute atomic E-state index is 12.1. The van der Waals surface area contributed by atoms with Gasteiger partial charge < -0.3 is 20.5 Å². The third kappa shape index (κ3) is 10.1. The number of aromatic nitrogens is 2. The van der Waals surface area contributed by atoms with Crippen LogP contribution in [0.15, 0.2) is 17.6 Å². The molecule has 1 amide bonds. The van der Waals surface area contributed by atoms with Crippen LogP contribution in [0.4, 0.5) is 0 Å². The van der Waals surface area contributed by atoms with E-state index >= 15 is 0 Å². The molecule has 1 heterocycles. The van der Waals surface area contributed by atoms with Crippen LogP contribution in [0.2, 0.25) is 0 Å². The lowest BCUT2D eigenvalue weighted by molar-refractivity contribution is -0.137. The standard InChI is InChI=1S/C18H28N4O6S/c1-3-4-5-14(8-13-9-20-18(21-10-13)29(2,27)28)19-11-16(24)22-15(12-23)6-7-17(25)26/h9-10,12,14-15,19H,3-8,11H2,1-2H3,(H,22,24)(H,25,26). The first-order valence-electron chi connectivity index (χ1n) is 9.36. The molecule has 0 aromatic carbocycles. The van der Waals surface area contributed by atoms with Gasteiger partial charge in [-0.3, -0.25) is 9.59 Å². The van der Waals surface area contributed by atoms with Crippen molar-refractivity contribution in [2.45, 2.75) is 62.7 Å². The van der Waals surface area contributed by atoms with Crippen molar-refractivity contribution in [3.63, 3.8) is 0 Å². The number of carbonyl (C=O) groups is 3. The van der Waals surface area contributed by atoms with Crippen molar-refractivity contribution < 1.29 is 27.9 Å². The fourth-order valence-electron chi connectivity index (χ4n) is 2.60. The zero-order valence-corrected chi connectivity index (χ0v) is 17.4. The molecule has 162 valence electrons. The number of hydrogen-bond acceptors (Lipinski definition) is 8. The minimum atomic E-state index is -3.46. The second kappa shape index (κ2) is 12.2. The van der Waals surface area contributed by atoms with Gasteiger partial charge in [-0.2, -0.15) is 0 Å². The summed E-state index contributed by atoms with van der Waals surface area (Å²) in [5.41, 5.74) is 0.735. The largest absolute Gasteiger partial charge is 0.481 e. The summed E-state index contributed by atoms with van der Waals surface area (Å²) in [6.45, 7) is 2.01. The number of carbonyl (C=O) groups excluding carboxylic acids is 2. The number of sulfone groups is 1. The highest BCUT2D eigenvalue weighted by molar-refractivity contribution is 7.90. The van der Waals surface area contributed by atoms with E-state index in [1.165, 1.54) is 12.4 Å². The van der Waals surface area contributed by atoms with Crippen molar-refractivity contribution in [3.05, 3.63) is 18.0 Å². The zero-order chi connectivity index (χ0) is 21.9. The molecule has 0 bridgehead atoms. The summed E-state index contributed by atoms with van der Waals surface area (Å²) in [6.07, 6.45) is 7.49. The lowest BCUT2D eigenvalue weighted by atomic mass is 10.0. The Morgan fingerprint density at radius 3 is 2.41 bits per heavy atom. The van der Waals surface area contributed by atoms with E-state index in [-0.39, 0.29) is 30.6 Å². The molecule has 2 unspecified atom stereocenters. The molecule has 0 aliphatic carbocycles. The van der Waals surface area contributed by atoms with E-state index in [0.717, 1.165) is 31.1 Å². The number of hydrogen-bond donors (Lipinski definition) is 3. The summed E-state index contributed by atoms with van der Waals surface area (Å²) in [6, 6.07) is -0.909. The summed E-state index contributed by atoms with van der Waals surface area (Å²) >= 11 is 0. The molecule has 10 nitrogen and oxygen atoms in total. The van der Waals surface area contributed by atoms with E-state index in [1.807, 2.05) is 6.92 Å². The van der Waals surface area contributed by atoms with Gasteiger partial charge in [0.1, 0.15) is 6.29 Å². The molecule has 2 atom stereocenters. The number of rotatable bonds is 14. The third-order valence-electron chi connectivity index (χ3n) is 4.13. The van der Waals surface area contributed by atoms with Gasteiger partial charge in [0.2, 0.25) is 20.9 Å². The number of amides is 1. The number of nitrogens with one attached hydrogen (secondary N) is 2. The summed E-state index contributed by atoms with van der Waals surface area (Å²) in [5, 5.41) is 14.1. The fraction of sp³-hybridized carbons (Fsp3) is 0.611. The van der Waals surface area contributed by atoms with Crippen molar-refractivity contribution in [1.29, 1.82) is 0 Å². The number of carboxylic acids is 1. The minimum absolute atomic E-state index is 0.0337. The first-order valence-corrected chi connectivity index (χ1v) is 11.3. The van der Waals surface area contributed by atoms with E-state index in [1.54, 1.807) is 0 Å². The predicted molar refractivity (Wildman–Crippen MR) is 105 cm³/mol. The molecule has 1 rings (SSSR count). The average Bonchev–Trinajstić information content (AvgIpc) is 2.66. The van der Waals surface area contributed by atoms with Crippen molar-refractivity contribution in [2.75, 3.05) is 12.8 Å². The van der Waals surface area contributed by atoms with Crippen molar-refractivity contribution in [3.8, 4) is 0 Å². The molecule has 0 saturated carbocycles. The highest BCUT2D eigenvalue weighted by Gasteiger charge is 2.16. The van der Waals surface area contributed by atoms with Gasteiger partial charge in [0.15, 0.2) is 0 Å². The molecule has 3 N–H and O–H groups in total. The maximum atomic E-state index is 12.1. The van der Waals surface area contributed by atoms with Crippen LogP contribution in [0.25, 0.3) is 0 Å². The van der Waals surface area contributed by atoms with Crippen molar-refractivity contribution in [2.24, 2.45) is 0 Å². The van der Waals surface area contributed by atoms with Crippen LogP contribution in [0.1, 0.15) is 44.6 Å². The Hall–Kier alpha value is -2.40. The van der Waals surface area contributed by atoms with Gasteiger partial charge >= 0.3 is 5.97 Å². The van der Waals surface area contributed by atoms with Crippen LogP contribution in [0.3, 0.4) is 0 Å². The predicted octanol–water partition coefficient (Wildman–Crippen LogP) is 0.120. The molecule has 0 aliphatic heterocycles. The SMILES string of the molecule is CCCCC(Cc1cnc(S(C)(=O)=O)nc1)NCC(=O)NC(C=O)CCC(=O)O. The number of aliphatic carboxylic acids is 1. The number of unbranched alkanes of at least 4 members (excludes halogenated alkanes) is 1. The third-order valence-corrected chi connectivity index (χ3v) is 5.01. The number of nitrogens with zero attached hydrogens (tertiary/aromatic N) is 2. The van der Waals surface area contributed by atoms with Crippen LogP contribution in [0.5, 0.6) is 0 Å². The molecule has 11 heteroatoms. The van der Waals surface area contributed by atoms with E-state index < -0.39 is 27.8 Å². The monoisotopic (exact) mass is 428 g/mol. The van der Waals surface area contributed by atoms with Crippen LogP contribution in [-0.4, -0.2) is 66.5 Å². The molecule has 1 aromatic rings. The molecular weight excluding hydrogens is 400 g/mol. The highest BCUT2D eigenvalue weighted by atomic mass is 32.2. The molecule has 0 saturated heterocycles. The highest BCUT2D eigenvalue weighted by Crippen LogP contribution is 2.09. The smallest absolute Gasteiger partial charge is 0.303 e. The molecule has 29 heavy (non-hydrogen) atoms. The zero-order valence-electron chi connectivity index (χ0n) is 16.6. The van der Waals surface area contributed by atoms with Crippen LogP contribution >= 0.6 is 0 Å². The molecule has 0 fully saturated rings. The Morgan fingerprint density at radius 2 is 1.90 bits per heavy atom. The van der Waals surface area contributed by atoms with Crippen LogP contribution < -0.4 is 10.6 Å². The summed E-state index contributed by atoms with van der Waals surface area (Å²) in [7, 11) is -3.46. The Morgan fingerprint density at radius 1 is 1.24 bits per heavy atom. The van der Waals surface area contributed by atoms with Gasteiger partial charge in [0, 0.05) is 31.1 Å². The van der Waals surface area contributed by atoms with Gasteiger partial charge in [0.05, 0.1) is 12.6 Å². The van der Waals surface area contributed by atoms with Gasteiger partial charge in [-0.05, 0) is 24.8 Å². The summed E-state index contributed by atoms with van der Waals surface area (Å²) in [5.74, 6) is -1.44. The van der Waals surface area contributed by atoms with Crippen molar-refractivity contribution >= 4 is 28.0 Å². The quantitative estimate of drug-likeness (QED) is 0.277. The maximum Gasteiger partial charge on any atom is 0.303 e. The molecular formula is C18H28N4O6S. The second-order valence-electron chi connectivity index (χ2n) is 6.81. The van der Waals surface area contributed by atoms with E-state index in [2.05, 4.69) is 20.6 Å². The normalized spacial score (nSPS) is 13.4. The van der Waals surface area contributed by atoms with Gasteiger partial charge in [0.25, 0.3) is 0 Å². The number of aldehydes is 1. The van der Waals surface area contributed by atoms with E-state index in [0.29, 0.717) is 12.7 Å². The Kier molecular flexibility index (Phi) is 10.4. The van der Waals surface area contributed by atoms with E-state index in [4.69, 9.17) is 5.11 Å². The summed E-state index contributed by atoms with van der Waals surface area (Å²) in [4.78, 5) is 41.4. The molecule has 0 spiro atoms. The first-order chi connectivity index (χ1) is 13.7. The van der Waals surface area contributed by atoms with Crippen LogP contribution in [-0.2, 0) is 30.6 Å². The number of carboxylic acid groups (broad SMARTS) is 1. The van der Waals surface area contributed by atoms with E-state index in [9.17, 15) is 22.8 Å². The molecule has 0 radical (unpaired) electrons. The molecule has 0 aliphatic rings. The van der Waals surface area contributed by atoms with Crippen LogP contribution in [0, 0.1) is 0 Å². The Bertz CT molecular complexity index is 782. The lowest BCUT2D eigenvalue weighted by Crippen LogP contribution is -2.44. The van der Waals surface area contributed by atoms with Crippen molar-refractivity contribution in [1.82, 2.24) is 20.6 Å². The van der Waals surface area contributed by atoms with Gasteiger partial charge in [-0.1, -0.05) is 19.8 Å². The first kappa shape index (κ1) is 24.6. The second-order valence-corrected chi connectivity index (χ2v) is 8.72.